The van der Waals surface area contributed by atoms with Gasteiger partial charge in [-0.05, 0) is 13.0 Å². The van der Waals surface area contributed by atoms with Gasteiger partial charge in [0, 0.05) is 6.04 Å². The van der Waals surface area contributed by atoms with E-state index in [1.807, 2.05) is 0 Å². The number of rotatable bonds is 4. The maximum absolute atomic E-state index is 12.1. The molecule has 1 rings (SSSR count). The first kappa shape index (κ1) is 14.1. The number of nitrogens with one attached hydrogen (secondary N) is 1. The highest BCUT2D eigenvalue weighted by molar-refractivity contribution is 5.94. The summed E-state index contributed by atoms with van der Waals surface area (Å²) in [5.74, 6) is -1.22. The Hall–Kier alpha value is -1.99. The van der Waals surface area contributed by atoms with Crippen LogP contribution < -0.4 is 11.1 Å². The normalized spacial score (nSPS) is 13.1. The quantitative estimate of drug-likeness (QED) is 0.774. The molecule has 0 bridgehead atoms. The van der Waals surface area contributed by atoms with Gasteiger partial charge in [-0.15, -0.1) is 0 Å². The number of halogens is 3. The average molecular weight is 263 g/mol. The summed E-state index contributed by atoms with van der Waals surface area (Å²) in [6, 6.07) is 0.188. The number of nitrogens with zero attached hydrogens (tertiary/aromatic N) is 1. The van der Waals surface area contributed by atoms with E-state index < -0.39 is 24.6 Å². The summed E-state index contributed by atoms with van der Waals surface area (Å²) in [5.41, 5.74) is 5.12. The van der Waals surface area contributed by atoms with E-state index in [1.165, 1.54) is 6.92 Å². The average Bonchev–Trinajstić information content (AvgIpc) is 2.17. The van der Waals surface area contributed by atoms with Crippen LogP contribution in [0.4, 0.5) is 24.7 Å². The predicted molar refractivity (Wildman–Crippen MR) is 59.4 cm³/mol. The highest BCUT2D eigenvalue weighted by Crippen LogP contribution is 2.23. The number of carbonyl (C=O) groups is 1. The molecule has 0 aliphatic rings. The Labute approximate surface area is 101 Å². The molecule has 0 spiro atoms. The van der Waals surface area contributed by atoms with Gasteiger partial charge in [0.2, 0.25) is 0 Å². The van der Waals surface area contributed by atoms with Crippen molar-refractivity contribution in [2.24, 2.45) is 0 Å². The Kier molecular flexibility index (Phi) is 4.00. The molecule has 1 heterocycles. The molecule has 0 aliphatic heterocycles. The molecule has 1 aromatic rings. The minimum atomic E-state index is -4.30. The molecular formula is C10H12F3N3O2. The van der Waals surface area contributed by atoms with Gasteiger partial charge >= 0.3 is 12.1 Å². The van der Waals surface area contributed by atoms with Gasteiger partial charge in [-0.25, -0.2) is 9.78 Å². The molecule has 0 saturated heterocycles. The lowest BCUT2D eigenvalue weighted by Gasteiger charge is -2.16. The van der Waals surface area contributed by atoms with E-state index in [0.717, 1.165) is 12.3 Å². The molecule has 5 nitrogen and oxygen atoms in total. The number of nitrogens with two attached hydrogens (primary N) is 1. The molecule has 4 N–H and O–H groups in total. The third-order valence-electron chi connectivity index (χ3n) is 2.10. The van der Waals surface area contributed by atoms with E-state index in [4.69, 9.17) is 10.8 Å². The molecule has 0 aliphatic carbocycles. The Bertz CT molecular complexity index is 448. The molecule has 0 aromatic carbocycles. The zero-order chi connectivity index (χ0) is 13.9. The first-order valence-corrected chi connectivity index (χ1v) is 5.01. The van der Waals surface area contributed by atoms with Crippen LogP contribution in [0.15, 0.2) is 12.3 Å². The minimum absolute atomic E-state index is 0.0401. The molecule has 0 saturated carbocycles. The van der Waals surface area contributed by atoms with Crippen LogP contribution in [-0.2, 0) is 0 Å². The summed E-state index contributed by atoms with van der Waals surface area (Å²) in [7, 11) is 0. The highest BCUT2D eigenvalue weighted by atomic mass is 19.4. The van der Waals surface area contributed by atoms with Crippen LogP contribution in [0.2, 0.25) is 0 Å². The second kappa shape index (κ2) is 5.11. The predicted octanol–water partition coefficient (Wildman–Crippen LogP) is 2.11. The number of anilines is 2. The van der Waals surface area contributed by atoms with Gasteiger partial charge in [0.05, 0.1) is 23.9 Å². The number of alkyl halides is 3. The number of nitrogen functional groups attached to an aromatic ring is 1. The SMILES string of the molecule is CC(CC(F)(F)F)Nc1cc(C(=O)O)c(N)cn1. The van der Waals surface area contributed by atoms with Gasteiger partial charge in [-0.2, -0.15) is 13.2 Å². The largest absolute Gasteiger partial charge is 0.478 e. The van der Waals surface area contributed by atoms with Crippen molar-refractivity contribution < 1.29 is 23.1 Å². The molecule has 100 valence electrons. The van der Waals surface area contributed by atoms with Crippen LogP contribution in [0, 0.1) is 0 Å². The van der Waals surface area contributed by atoms with E-state index in [1.54, 1.807) is 0 Å². The van der Waals surface area contributed by atoms with Gasteiger partial charge in [0.1, 0.15) is 5.82 Å². The second-order valence-corrected chi connectivity index (χ2v) is 3.83. The van der Waals surface area contributed by atoms with Gasteiger partial charge in [-0.1, -0.05) is 0 Å². The Morgan fingerprint density at radius 2 is 2.22 bits per heavy atom. The highest BCUT2D eigenvalue weighted by Gasteiger charge is 2.30. The van der Waals surface area contributed by atoms with Crippen LogP contribution in [0.3, 0.4) is 0 Å². The first-order chi connectivity index (χ1) is 8.19. The molecule has 1 aromatic heterocycles. The summed E-state index contributed by atoms with van der Waals surface area (Å²) >= 11 is 0. The van der Waals surface area contributed by atoms with Gasteiger partial charge in [0.25, 0.3) is 0 Å². The lowest BCUT2D eigenvalue weighted by molar-refractivity contribution is -0.136. The summed E-state index contributed by atoms with van der Waals surface area (Å²) in [4.78, 5) is 14.5. The molecule has 1 unspecified atom stereocenters. The zero-order valence-corrected chi connectivity index (χ0v) is 9.45. The minimum Gasteiger partial charge on any atom is -0.478 e. The molecule has 0 fully saturated rings. The lowest BCUT2D eigenvalue weighted by Crippen LogP contribution is -2.24. The van der Waals surface area contributed by atoms with Crippen LogP contribution in [0.5, 0.6) is 0 Å². The van der Waals surface area contributed by atoms with Crippen molar-refractivity contribution in [3.05, 3.63) is 17.8 Å². The van der Waals surface area contributed by atoms with Crippen LogP contribution in [0.25, 0.3) is 0 Å². The Morgan fingerprint density at radius 1 is 1.61 bits per heavy atom. The van der Waals surface area contributed by atoms with E-state index >= 15 is 0 Å². The van der Waals surface area contributed by atoms with Crippen molar-refractivity contribution in [1.29, 1.82) is 0 Å². The molecule has 18 heavy (non-hydrogen) atoms. The number of hydrogen-bond acceptors (Lipinski definition) is 4. The van der Waals surface area contributed by atoms with Gasteiger partial charge < -0.3 is 16.2 Å². The van der Waals surface area contributed by atoms with E-state index in [9.17, 15) is 18.0 Å². The number of carboxylic acids is 1. The Balaban J connectivity index is 2.80. The van der Waals surface area contributed by atoms with E-state index in [-0.39, 0.29) is 17.1 Å². The second-order valence-electron chi connectivity index (χ2n) is 3.83. The number of hydrogen-bond donors (Lipinski definition) is 3. The summed E-state index contributed by atoms with van der Waals surface area (Å²) in [5, 5.41) is 11.3. The maximum Gasteiger partial charge on any atom is 0.391 e. The number of carboxylic acid groups (broad SMARTS) is 1. The van der Waals surface area contributed by atoms with Crippen molar-refractivity contribution in [2.45, 2.75) is 25.6 Å². The fourth-order valence-electron chi connectivity index (χ4n) is 1.38. The van der Waals surface area contributed by atoms with E-state index in [0.29, 0.717) is 0 Å². The fourth-order valence-corrected chi connectivity index (χ4v) is 1.38. The fraction of sp³-hybridized carbons (Fsp3) is 0.400. The first-order valence-electron chi connectivity index (χ1n) is 5.01. The van der Waals surface area contributed by atoms with Crippen molar-refractivity contribution in [3.8, 4) is 0 Å². The lowest BCUT2D eigenvalue weighted by atomic mass is 10.2. The van der Waals surface area contributed by atoms with Gasteiger partial charge in [-0.3, -0.25) is 0 Å². The smallest absolute Gasteiger partial charge is 0.391 e. The van der Waals surface area contributed by atoms with Crippen molar-refractivity contribution in [1.82, 2.24) is 4.98 Å². The molecular weight excluding hydrogens is 251 g/mol. The summed E-state index contributed by atoms with van der Waals surface area (Å²) in [6.45, 7) is 1.33. The standard InChI is InChI=1S/C10H12F3N3O2/c1-5(3-10(11,12)13)16-8-2-6(9(17)18)7(14)4-15-8/h2,4-5H,3,14H2,1H3,(H,15,16)(H,17,18). The van der Waals surface area contributed by atoms with Crippen molar-refractivity contribution >= 4 is 17.5 Å². The zero-order valence-electron chi connectivity index (χ0n) is 9.45. The number of aromatic carboxylic acids is 1. The number of aromatic nitrogens is 1. The third kappa shape index (κ3) is 4.11. The summed E-state index contributed by atoms with van der Waals surface area (Å²) in [6.07, 6.45) is -4.25. The van der Waals surface area contributed by atoms with Gasteiger partial charge in [0.15, 0.2) is 0 Å². The summed E-state index contributed by atoms with van der Waals surface area (Å²) < 4.78 is 36.3. The molecule has 8 heteroatoms. The van der Waals surface area contributed by atoms with E-state index in [2.05, 4.69) is 10.3 Å². The van der Waals surface area contributed by atoms with Crippen LogP contribution >= 0.6 is 0 Å². The molecule has 0 radical (unpaired) electrons. The van der Waals surface area contributed by atoms with Crippen molar-refractivity contribution in [3.63, 3.8) is 0 Å². The third-order valence-corrected chi connectivity index (χ3v) is 2.10. The Morgan fingerprint density at radius 3 is 2.72 bits per heavy atom. The number of pyridine rings is 1. The topological polar surface area (TPSA) is 88.2 Å². The maximum atomic E-state index is 12.1. The van der Waals surface area contributed by atoms with Crippen LogP contribution in [-0.4, -0.2) is 28.3 Å². The molecule has 0 amide bonds. The van der Waals surface area contributed by atoms with Crippen molar-refractivity contribution in [2.75, 3.05) is 11.1 Å². The molecule has 1 atom stereocenters. The van der Waals surface area contributed by atoms with Crippen LogP contribution in [0.1, 0.15) is 23.7 Å². The monoisotopic (exact) mass is 263 g/mol.